The molecule has 308 valence electrons. The van der Waals surface area contributed by atoms with Gasteiger partial charge in [-0.1, -0.05) is 105 Å². The molecule has 3 aromatic heterocycles. The quantitative estimate of drug-likeness (QED) is 0.156. The molecule has 0 N–H and O–H groups in total. The Morgan fingerprint density at radius 2 is 1.23 bits per heavy atom. The molecular formula is C55H44N5OPt-3. The van der Waals surface area contributed by atoms with E-state index in [4.69, 9.17) is 9.72 Å². The average molecular weight is 986 g/mol. The Kier molecular flexibility index (Phi) is 9.61. The number of ether oxygens (including phenoxy) is 1. The van der Waals surface area contributed by atoms with Crippen LogP contribution >= 0.6 is 0 Å². The van der Waals surface area contributed by atoms with Gasteiger partial charge in [-0.25, -0.2) is 4.98 Å². The molecule has 0 fully saturated rings. The van der Waals surface area contributed by atoms with Gasteiger partial charge in [0, 0.05) is 72.3 Å². The summed E-state index contributed by atoms with van der Waals surface area (Å²) in [5.41, 5.74) is 14.4. The van der Waals surface area contributed by atoms with E-state index >= 15 is 0 Å². The van der Waals surface area contributed by atoms with Crippen LogP contribution < -0.4 is 14.5 Å². The smallest absolute Gasteiger partial charge is 0.135 e. The fraction of sp³-hybridized carbons (Fsp3) is 0.127. The number of nitrogens with zero attached hydrogens (tertiary/aromatic N) is 5. The van der Waals surface area contributed by atoms with Crippen molar-refractivity contribution in [1.29, 1.82) is 0 Å². The zero-order chi connectivity index (χ0) is 41.6. The van der Waals surface area contributed by atoms with E-state index in [-0.39, 0.29) is 26.5 Å². The fourth-order valence-electron chi connectivity index (χ4n) is 9.38. The van der Waals surface area contributed by atoms with E-state index in [1.807, 2.05) is 24.4 Å². The summed E-state index contributed by atoms with van der Waals surface area (Å²) in [6.45, 7) is 15.4. The molecule has 6 nitrogen and oxygen atoms in total. The Morgan fingerprint density at radius 3 is 1.98 bits per heavy atom. The first kappa shape index (κ1) is 39.5. The largest absolute Gasteiger partial charge is 0.509 e. The van der Waals surface area contributed by atoms with E-state index in [2.05, 4.69) is 207 Å². The average Bonchev–Trinajstić information content (AvgIpc) is 3.91. The van der Waals surface area contributed by atoms with Crippen molar-refractivity contribution in [3.05, 3.63) is 193 Å². The summed E-state index contributed by atoms with van der Waals surface area (Å²) in [7, 11) is 0. The van der Waals surface area contributed by atoms with Crippen LogP contribution in [-0.4, -0.2) is 14.1 Å². The second-order valence-electron chi connectivity index (χ2n) is 17.2. The van der Waals surface area contributed by atoms with Gasteiger partial charge in [0.15, 0.2) is 0 Å². The van der Waals surface area contributed by atoms with Gasteiger partial charge in [-0.05, 0) is 90.7 Å². The van der Waals surface area contributed by atoms with Crippen molar-refractivity contribution in [2.45, 2.75) is 47.0 Å². The zero-order valence-corrected chi connectivity index (χ0v) is 37.7. The summed E-state index contributed by atoms with van der Waals surface area (Å²) in [6, 6.07) is 58.8. The molecule has 0 radical (unpaired) electrons. The standard InChI is InChI=1S/C55H44N5O.Pt/c1-35-29-36(2)52(37(3)30-35)58-34-57(48-21-12-13-22-49(48)58)40-17-14-18-41(32-40)61-42-23-24-44-46-26-25-45-43-19-10-11-20-47(43)59(39-15-8-7-9-16-39)53(45)54(46)60(50(44)33-42)51-31-38(27-28-56-51)55(4,5)6;/h7-31,34H,1-6H3;/q-3;. The van der Waals surface area contributed by atoms with Crippen molar-refractivity contribution < 1.29 is 25.8 Å². The van der Waals surface area contributed by atoms with E-state index in [0.717, 1.165) is 61.4 Å². The number of rotatable bonds is 6. The van der Waals surface area contributed by atoms with Crippen molar-refractivity contribution in [1.82, 2.24) is 14.1 Å². The summed E-state index contributed by atoms with van der Waals surface area (Å²) in [4.78, 5) is 9.54. The second kappa shape index (κ2) is 15.1. The Balaban J connectivity index is 0.00000458. The number of benzene rings is 7. The van der Waals surface area contributed by atoms with Gasteiger partial charge in [-0.15, -0.1) is 48.1 Å². The van der Waals surface area contributed by atoms with E-state index in [0.29, 0.717) is 11.5 Å². The number of hydrogen-bond acceptors (Lipinski definition) is 4. The molecule has 0 unspecified atom stereocenters. The van der Waals surface area contributed by atoms with E-state index in [9.17, 15) is 0 Å². The molecular weight excluding hydrogens is 942 g/mol. The number of para-hydroxylation sites is 4. The molecule has 0 atom stereocenters. The van der Waals surface area contributed by atoms with Crippen LogP contribution in [0.25, 0.3) is 55.1 Å². The minimum Gasteiger partial charge on any atom is -0.509 e. The van der Waals surface area contributed by atoms with E-state index < -0.39 is 0 Å². The number of anilines is 4. The van der Waals surface area contributed by atoms with Crippen molar-refractivity contribution in [2.75, 3.05) is 9.80 Å². The predicted molar refractivity (Wildman–Crippen MR) is 251 cm³/mol. The topological polar surface area (TPSA) is 38.5 Å². The van der Waals surface area contributed by atoms with Gasteiger partial charge in [-0.2, -0.15) is 12.1 Å². The van der Waals surface area contributed by atoms with Crippen LogP contribution in [0.5, 0.6) is 11.5 Å². The molecule has 4 heterocycles. The third-order valence-electron chi connectivity index (χ3n) is 12.0. The molecule has 0 aliphatic carbocycles. The van der Waals surface area contributed by atoms with E-state index in [1.54, 1.807) is 0 Å². The third-order valence-corrected chi connectivity index (χ3v) is 12.0. The second-order valence-corrected chi connectivity index (χ2v) is 17.2. The van der Waals surface area contributed by atoms with E-state index in [1.165, 1.54) is 38.7 Å². The summed E-state index contributed by atoms with van der Waals surface area (Å²) in [5, 5.41) is 4.57. The maximum absolute atomic E-state index is 6.73. The van der Waals surface area contributed by atoms with Gasteiger partial charge in [0.25, 0.3) is 0 Å². The van der Waals surface area contributed by atoms with Crippen LogP contribution in [0.4, 0.5) is 22.7 Å². The van der Waals surface area contributed by atoms with Crippen LogP contribution in [0.15, 0.2) is 152 Å². The minimum atomic E-state index is -0.0777. The van der Waals surface area contributed by atoms with Gasteiger partial charge in [-0.3, -0.25) is 0 Å². The Morgan fingerprint density at radius 1 is 0.581 bits per heavy atom. The molecule has 0 saturated carbocycles. The van der Waals surface area contributed by atoms with Crippen LogP contribution in [0.1, 0.15) is 43.0 Å². The summed E-state index contributed by atoms with van der Waals surface area (Å²) in [6.07, 6.45) is 1.93. The molecule has 0 saturated heterocycles. The molecule has 1 aliphatic heterocycles. The molecule has 0 amide bonds. The molecule has 7 heteroatoms. The number of pyridine rings is 1. The van der Waals surface area contributed by atoms with Crippen molar-refractivity contribution in [2.24, 2.45) is 0 Å². The molecule has 0 spiro atoms. The third kappa shape index (κ3) is 6.39. The van der Waals surface area contributed by atoms with Crippen LogP contribution in [0.2, 0.25) is 0 Å². The minimum absolute atomic E-state index is 0. The van der Waals surface area contributed by atoms with Gasteiger partial charge >= 0.3 is 0 Å². The maximum atomic E-state index is 6.73. The Labute approximate surface area is 376 Å². The van der Waals surface area contributed by atoms with Crippen LogP contribution in [0, 0.1) is 39.6 Å². The monoisotopic (exact) mass is 985 g/mol. The molecule has 62 heavy (non-hydrogen) atoms. The van der Waals surface area contributed by atoms with Gasteiger partial charge in [0.1, 0.15) is 5.82 Å². The molecule has 7 aromatic carbocycles. The maximum Gasteiger partial charge on any atom is 0.135 e. The van der Waals surface area contributed by atoms with Crippen molar-refractivity contribution in [3.8, 4) is 23.0 Å². The summed E-state index contributed by atoms with van der Waals surface area (Å²) >= 11 is 0. The fourth-order valence-corrected chi connectivity index (χ4v) is 9.38. The number of aromatic nitrogens is 3. The first-order chi connectivity index (χ1) is 29.6. The molecule has 0 bridgehead atoms. The Hall–Kier alpha value is -6.62. The van der Waals surface area contributed by atoms with Gasteiger partial charge in [0.05, 0.1) is 16.6 Å². The van der Waals surface area contributed by atoms with Crippen molar-refractivity contribution >= 4 is 66.4 Å². The van der Waals surface area contributed by atoms with Crippen LogP contribution in [0.3, 0.4) is 0 Å². The summed E-state index contributed by atoms with van der Waals surface area (Å²) < 4.78 is 11.4. The normalized spacial score (nSPS) is 12.7. The predicted octanol–water partition coefficient (Wildman–Crippen LogP) is 14.3. The molecule has 1 aliphatic rings. The SMILES string of the molecule is Cc1cc(C)c(N2[CH-]N(c3[c-]c(Oc4[c-]c5c(cc4)c4ccc6c7ccccc7n(-c7ccccc7)c6c4n5-c4cc(C(C)(C)C)ccn4)ccc3)c3ccccc32)c(C)c1.[Pt]. The van der Waals surface area contributed by atoms with Crippen molar-refractivity contribution in [3.63, 3.8) is 0 Å². The first-order valence-electron chi connectivity index (χ1n) is 20.9. The number of hydrogen-bond donors (Lipinski definition) is 0. The van der Waals surface area contributed by atoms with Crippen LogP contribution in [-0.2, 0) is 26.5 Å². The first-order valence-corrected chi connectivity index (χ1v) is 20.9. The molecule has 11 rings (SSSR count). The summed E-state index contributed by atoms with van der Waals surface area (Å²) in [5.74, 6) is 2.02. The number of fused-ring (bicyclic) bond motifs is 8. The zero-order valence-electron chi connectivity index (χ0n) is 35.5. The number of aryl methyl sites for hydroxylation is 3. The van der Waals surface area contributed by atoms with Gasteiger partial charge in [0.2, 0.25) is 0 Å². The van der Waals surface area contributed by atoms with Gasteiger partial charge < -0.3 is 23.7 Å². The Bertz CT molecular complexity index is 3330. The molecule has 10 aromatic rings.